The third kappa shape index (κ3) is 4.43. The minimum atomic E-state index is 0.892. The average Bonchev–Trinajstić information content (AvgIpc) is 3.13. The molecule has 0 aliphatic carbocycles. The highest BCUT2D eigenvalue weighted by Gasteiger charge is 2.21. The molecule has 2 heteroatoms. The molecule has 8 aromatic carbocycles. The first kappa shape index (κ1) is 26.3. The van der Waals surface area contributed by atoms with Gasteiger partial charge in [-0.05, 0) is 87.1 Å². The molecule has 0 atom stereocenters. The van der Waals surface area contributed by atoms with Gasteiger partial charge in [0.1, 0.15) is 11.5 Å². The predicted molar refractivity (Wildman–Crippen MR) is 193 cm³/mol. The van der Waals surface area contributed by atoms with E-state index in [2.05, 4.69) is 181 Å². The summed E-state index contributed by atoms with van der Waals surface area (Å²) in [6, 6.07) is 62.7. The second-order valence-corrected chi connectivity index (χ2v) is 11.8. The summed E-state index contributed by atoms with van der Waals surface area (Å²) >= 11 is 0. The van der Waals surface area contributed by atoms with Gasteiger partial charge in [-0.25, -0.2) is 0 Å². The van der Waals surface area contributed by atoms with E-state index in [1.54, 1.807) is 0 Å². The molecule has 0 unspecified atom stereocenters. The lowest BCUT2D eigenvalue weighted by molar-refractivity contribution is 0.487. The Morgan fingerprint density at radius 2 is 0.957 bits per heavy atom. The Hall–Kier alpha value is -6.12. The lowest BCUT2D eigenvalue weighted by atomic mass is 9.93. The van der Waals surface area contributed by atoms with Gasteiger partial charge in [-0.1, -0.05) is 127 Å². The van der Waals surface area contributed by atoms with Crippen LogP contribution in [0.1, 0.15) is 0 Å². The first-order valence-electron chi connectivity index (χ1n) is 15.7. The molecule has 0 spiro atoms. The van der Waals surface area contributed by atoms with E-state index in [1.807, 2.05) is 0 Å². The Bertz CT molecular complexity index is 2360. The summed E-state index contributed by atoms with van der Waals surface area (Å²) in [5, 5.41) is 4.81. The Kier molecular flexibility index (Phi) is 6.17. The topological polar surface area (TPSA) is 12.5 Å². The fourth-order valence-electron chi connectivity index (χ4n) is 6.81. The molecule has 1 heterocycles. The highest BCUT2D eigenvalue weighted by Crippen LogP contribution is 2.48. The van der Waals surface area contributed by atoms with Gasteiger partial charge in [0.2, 0.25) is 0 Å². The number of benzene rings is 8. The van der Waals surface area contributed by atoms with Gasteiger partial charge in [-0.15, -0.1) is 0 Å². The van der Waals surface area contributed by atoms with E-state index in [9.17, 15) is 0 Å². The van der Waals surface area contributed by atoms with Crippen molar-refractivity contribution in [3.63, 3.8) is 0 Å². The highest BCUT2D eigenvalue weighted by atomic mass is 16.5. The summed E-state index contributed by atoms with van der Waals surface area (Å²) in [5.74, 6) is 1.81. The van der Waals surface area contributed by atoms with Crippen molar-refractivity contribution in [3.8, 4) is 44.9 Å². The van der Waals surface area contributed by atoms with Crippen molar-refractivity contribution in [1.29, 1.82) is 0 Å². The monoisotopic (exact) mass is 587 g/mol. The van der Waals surface area contributed by atoms with Crippen molar-refractivity contribution in [2.75, 3.05) is 4.90 Å². The quantitative estimate of drug-likeness (QED) is 0.199. The van der Waals surface area contributed by atoms with Crippen LogP contribution in [0.2, 0.25) is 0 Å². The molecular weight excluding hydrogens is 558 g/mol. The first-order valence-corrected chi connectivity index (χ1v) is 15.7. The smallest absolute Gasteiger partial charge is 0.135 e. The fraction of sp³-hybridized carbons (Fsp3) is 0. The van der Waals surface area contributed by atoms with Crippen LogP contribution in [0.15, 0.2) is 176 Å². The van der Waals surface area contributed by atoms with Crippen molar-refractivity contribution in [3.05, 3.63) is 176 Å². The first-order chi connectivity index (χ1) is 22.8. The summed E-state index contributed by atoms with van der Waals surface area (Å²) in [6.07, 6.45) is 0. The van der Waals surface area contributed by atoms with Gasteiger partial charge in [0.05, 0.1) is 5.69 Å². The molecule has 0 fully saturated rings. The van der Waals surface area contributed by atoms with Crippen LogP contribution in [0.5, 0.6) is 11.5 Å². The molecule has 0 amide bonds. The maximum Gasteiger partial charge on any atom is 0.135 e. The number of rotatable bonds is 5. The third-order valence-corrected chi connectivity index (χ3v) is 9.06. The maximum absolute atomic E-state index is 6.46. The van der Waals surface area contributed by atoms with E-state index in [0.717, 1.165) is 45.3 Å². The molecule has 0 aromatic heterocycles. The molecule has 9 rings (SSSR count). The molecule has 0 radical (unpaired) electrons. The summed E-state index contributed by atoms with van der Waals surface area (Å²) in [5.41, 5.74) is 10.4. The molecule has 8 aromatic rings. The predicted octanol–water partition coefficient (Wildman–Crippen LogP) is 12.6. The van der Waals surface area contributed by atoms with E-state index in [4.69, 9.17) is 4.74 Å². The minimum absolute atomic E-state index is 0.892. The zero-order valence-electron chi connectivity index (χ0n) is 25.1. The van der Waals surface area contributed by atoms with Crippen molar-refractivity contribution >= 4 is 38.6 Å². The molecular formula is C44H29NO. The molecule has 0 saturated carbocycles. The van der Waals surface area contributed by atoms with Crippen molar-refractivity contribution in [2.24, 2.45) is 0 Å². The minimum Gasteiger partial charge on any atom is -0.456 e. The zero-order valence-corrected chi connectivity index (χ0v) is 25.1. The average molecular weight is 588 g/mol. The SMILES string of the molecule is c1ccc(-c2ccc(N(c3ccc(-c4ccc5c(c4)Oc4cccc6cccc-5c46)cc3)c3cccc4ccccc34)cc2)cc1. The summed E-state index contributed by atoms with van der Waals surface area (Å²) in [7, 11) is 0. The Balaban J connectivity index is 1.11. The van der Waals surface area contributed by atoms with Gasteiger partial charge < -0.3 is 9.64 Å². The van der Waals surface area contributed by atoms with Crippen molar-refractivity contribution < 1.29 is 4.74 Å². The molecule has 216 valence electrons. The van der Waals surface area contributed by atoms with Crippen LogP contribution in [-0.2, 0) is 0 Å². The van der Waals surface area contributed by atoms with Crippen LogP contribution in [0.3, 0.4) is 0 Å². The number of hydrogen-bond acceptors (Lipinski definition) is 2. The maximum atomic E-state index is 6.46. The van der Waals surface area contributed by atoms with E-state index in [0.29, 0.717) is 0 Å². The van der Waals surface area contributed by atoms with Crippen LogP contribution < -0.4 is 9.64 Å². The van der Waals surface area contributed by atoms with Crippen molar-refractivity contribution in [2.45, 2.75) is 0 Å². The molecule has 1 aliphatic rings. The van der Waals surface area contributed by atoms with Gasteiger partial charge in [-0.2, -0.15) is 0 Å². The van der Waals surface area contributed by atoms with Gasteiger partial charge in [0.25, 0.3) is 0 Å². The van der Waals surface area contributed by atoms with E-state index < -0.39 is 0 Å². The van der Waals surface area contributed by atoms with Crippen LogP contribution in [0.25, 0.3) is 54.9 Å². The molecule has 2 nitrogen and oxygen atoms in total. The Morgan fingerprint density at radius 3 is 1.74 bits per heavy atom. The van der Waals surface area contributed by atoms with E-state index in [-0.39, 0.29) is 0 Å². The lowest BCUT2D eigenvalue weighted by Crippen LogP contribution is -2.10. The van der Waals surface area contributed by atoms with Gasteiger partial charge in [-0.3, -0.25) is 0 Å². The highest BCUT2D eigenvalue weighted by molar-refractivity contribution is 6.04. The van der Waals surface area contributed by atoms with Gasteiger partial charge in [0.15, 0.2) is 0 Å². The normalized spacial score (nSPS) is 11.7. The second kappa shape index (κ2) is 10.8. The van der Waals surface area contributed by atoms with Gasteiger partial charge >= 0.3 is 0 Å². The molecule has 0 bridgehead atoms. The third-order valence-electron chi connectivity index (χ3n) is 9.06. The van der Waals surface area contributed by atoms with Crippen molar-refractivity contribution in [1.82, 2.24) is 0 Å². The molecule has 0 N–H and O–H groups in total. The molecule has 0 saturated heterocycles. The summed E-state index contributed by atoms with van der Waals surface area (Å²) < 4.78 is 6.46. The summed E-state index contributed by atoms with van der Waals surface area (Å²) in [4.78, 5) is 2.36. The lowest BCUT2D eigenvalue weighted by Gasteiger charge is -2.27. The second-order valence-electron chi connectivity index (χ2n) is 11.8. The number of anilines is 3. The number of fused-ring (bicyclic) bond motifs is 3. The number of hydrogen-bond donors (Lipinski definition) is 0. The summed E-state index contributed by atoms with van der Waals surface area (Å²) in [6.45, 7) is 0. The number of ether oxygens (including phenoxy) is 1. The molecule has 46 heavy (non-hydrogen) atoms. The van der Waals surface area contributed by atoms with Crippen LogP contribution >= 0.6 is 0 Å². The standard InChI is InChI=1S/C44H29NO/c1-2-9-30(10-3-1)31-19-24-36(25-20-31)45(41-17-7-12-33-11-4-5-15-38(33)41)37-26-21-32(22-27-37)35-23-28-39-40-16-6-13-34-14-8-18-42(44(34)40)46-43(39)29-35/h1-29H. The fourth-order valence-corrected chi connectivity index (χ4v) is 6.81. The van der Waals surface area contributed by atoms with E-state index >= 15 is 0 Å². The number of nitrogens with zero attached hydrogens (tertiary/aromatic N) is 1. The van der Waals surface area contributed by atoms with Crippen LogP contribution in [-0.4, -0.2) is 0 Å². The van der Waals surface area contributed by atoms with Crippen LogP contribution in [0, 0.1) is 0 Å². The molecule has 1 aliphatic heterocycles. The Morgan fingerprint density at radius 1 is 0.370 bits per heavy atom. The Labute approximate surface area is 268 Å². The van der Waals surface area contributed by atoms with Crippen LogP contribution in [0.4, 0.5) is 17.1 Å². The van der Waals surface area contributed by atoms with E-state index in [1.165, 1.54) is 38.2 Å². The van der Waals surface area contributed by atoms with Gasteiger partial charge in [0, 0.05) is 27.7 Å². The largest absolute Gasteiger partial charge is 0.456 e. The zero-order chi connectivity index (χ0) is 30.5.